The standard InChI is InChI=1S/2C6H11BO8.Ca/c2*8-1-2-5(15-7(13)14-2)3(9)4(10)6(11)12;/h2*2-5,8-10,13H,1H2,(H,11,12);/q;;+2/p-2/t2*2-,3-,4+,5-;/m00./s1. The minimum atomic E-state index is -2.18. The maximum atomic E-state index is 10.2. The number of hydrogen-bond acceptors (Lipinski definition) is 16. The van der Waals surface area contributed by atoms with Gasteiger partial charge < -0.3 is 79.1 Å². The molecule has 0 spiro atoms. The third-order valence-corrected chi connectivity index (χ3v) is 4.03. The number of aliphatic hydroxyl groups excluding tert-OH is 6. The molecule has 0 unspecified atom stereocenters. The minimum absolute atomic E-state index is 0. The summed E-state index contributed by atoms with van der Waals surface area (Å²) in [5.74, 6) is -3.77. The molecule has 0 radical (unpaired) electrons. The molecule has 16 nitrogen and oxygen atoms in total. The summed E-state index contributed by atoms with van der Waals surface area (Å²) in [6.07, 6.45) is -13.0. The van der Waals surface area contributed by atoms with Crippen LogP contribution < -0.4 is 10.2 Å². The predicted molar refractivity (Wildman–Crippen MR) is 89.4 cm³/mol. The van der Waals surface area contributed by atoms with Crippen LogP contribution in [-0.2, 0) is 28.2 Å². The first-order valence-corrected chi connectivity index (χ1v) is 8.28. The van der Waals surface area contributed by atoms with Gasteiger partial charge in [0.25, 0.3) is 0 Å². The molecule has 31 heavy (non-hydrogen) atoms. The first-order valence-electron chi connectivity index (χ1n) is 8.28. The van der Waals surface area contributed by atoms with Crippen LogP contribution in [0.4, 0.5) is 0 Å². The second kappa shape index (κ2) is 14.2. The third-order valence-electron chi connectivity index (χ3n) is 4.03. The molecule has 2 aliphatic heterocycles. The number of aliphatic carboxylic acids is 2. The second-order valence-electron chi connectivity index (χ2n) is 6.04. The fraction of sp³-hybridized carbons (Fsp3) is 0.833. The van der Waals surface area contributed by atoms with Gasteiger partial charge in [-0.2, -0.15) is 0 Å². The van der Waals surface area contributed by atoms with E-state index in [9.17, 15) is 30.0 Å². The number of carbonyl (C=O) groups excluding carboxylic acids is 2. The Morgan fingerprint density at radius 3 is 1.26 bits per heavy atom. The molecule has 0 aromatic heterocycles. The van der Waals surface area contributed by atoms with Crippen LogP contribution in [0.5, 0.6) is 0 Å². The number of carboxylic acid groups (broad SMARTS) is 2. The molecule has 0 aromatic rings. The summed E-state index contributed by atoms with van der Waals surface area (Å²) in [5.41, 5.74) is 0. The van der Waals surface area contributed by atoms with Crippen molar-refractivity contribution in [2.75, 3.05) is 13.2 Å². The second-order valence-corrected chi connectivity index (χ2v) is 6.04. The minimum Gasteiger partial charge on any atom is -0.547 e. The van der Waals surface area contributed by atoms with Crippen molar-refractivity contribution in [2.24, 2.45) is 0 Å². The van der Waals surface area contributed by atoms with E-state index in [4.69, 9.17) is 30.5 Å². The van der Waals surface area contributed by atoms with E-state index < -0.39 is 88.6 Å². The Kier molecular flexibility index (Phi) is 14.1. The number of carboxylic acids is 2. The summed E-state index contributed by atoms with van der Waals surface area (Å²) in [6.45, 7) is -1.20. The first-order chi connectivity index (χ1) is 13.9. The smallest absolute Gasteiger partial charge is 0.547 e. The Morgan fingerprint density at radius 1 is 0.742 bits per heavy atom. The monoisotopic (exact) mass is 482 g/mol. The van der Waals surface area contributed by atoms with Crippen molar-refractivity contribution in [3.05, 3.63) is 0 Å². The molecule has 19 heteroatoms. The summed E-state index contributed by atoms with van der Waals surface area (Å²) in [7, 11) is -3.34. The average Bonchev–Trinajstić information content (AvgIpc) is 3.27. The predicted octanol–water partition coefficient (Wildman–Crippen LogP) is -9.96. The fourth-order valence-corrected chi connectivity index (χ4v) is 2.50. The van der Waals surface area contributed by atoms with Crippen LogP contribution in [0.2, 0.25) is 0 Å². The first kappa shape index (κ1) is 30.8. The van der Waals surface area contributed by atoms with Crippen molar-refractivity contribution in [1.29, 1.82) is 0 Å². The van der Waals surface area contributed by atoms with Gasteiger partial charge >= 0.3 is 52.4 Å². The van der Waals surface area contributed by atoms with E-state index in [2.05, 4.69) is 18.6 Å². The number of aliphatic hydroxyl groups is 6. The molecule has 0 bridgehead atoms. The van der Waals surface area contributed by atoms with Crippen LogP contribution in [-0.4, -0.2) is 167 Å². The zero-order valence-corrected chi connectivity index (χ0v) is 17.9. The van der Waals surface area contributed by atoms with E-state index in [1.165, 1.54) is 0 Å². The van der Waals surface area contributed by atoms with Crippen LogP contribution in [0.3, 0.4) is 0 Å². The van der Waals surface area contributed by atoms with Gasteiger partial charge in [-0.3, -0.25) is 0 Å². The number of hydrogen-bond donors (Lipinski definition) is 8. The van der Waals surface area contributed by atoms with Crippen molar-refractivity contribution >= 4 is 64.3 Å². The molecule has 8 atom stereocenters. The largest absolute Gasteiger partial charge is 2.00 e. The van der Waals surface area contributed by atoms with Crippen LogP contribution in [0.1, 0.15) is 0 Å². The Morgan fingerprint density at radius 2 is 1.03 bits per heavy atom. The van der Waals surface area contributed by atoms with Gasteiger partial charge in [0.15, 0.2) is 0 Å². The quantitative estimate of drug-likeness (QED) is 0.149. The van der Waals surface area contributed by atoms with Crippen molar-refractivity contribution < 1.29 is 79.1 Å². The topological polar surface area (TPSA) is 279 Å². The summed E-state index contributed by atoms with van der Waals surface area (Å²) in [4.78, 5) is 20.5. The maximum absolute atomic E-state index is 10.2. The molecule has 2 heterocycles. The van der Waals surface area contributed by atoms with E-state index in [1.807, 2.05) is 0 Å². The van der Waals surface area contributed by atoms with Gasteiger partial charge in [0.2, 0.25) is 0 Å². The molecular formula is C12H20B2CaO16. The maximum Gasteiger partial charge on any atom is 2.00 e. The Hall–Kier alpha value is -0.150. The summed E-state index contributed by atoms with van der Waals surface area (Å²) < 4.78 is 18.3. The number of rotatable bonds is 8. The summed E-state index contributed by atoms with van der Waals surface area (Å²) >= 11 is 0. The van der Waals surface area contributed by atoms with Gasteiger partial charge in [-0.25, -0.2) is 0 Å². The molecule has 2 rings (SSSR count). The molecule has 0 aliphatic carbocycles. The van der Waals surface area contributed by atoms with Crippen molar-refractivity contribution in [2.45, 2.75) is 48.8 Å². The van der Waals surface area contributed by atoms with Crippen molar-refractivity contribution in [1.82, 2.24) is 0 Å². The zero-order chi connectivity index (χ0) is 23.2. The third kappa shape index (κ3) is 8.61. The Balaban J connectivity index is 0.000000562. The molecule has 0 saturated carbocycles. The molecule has 2 aliphatic rings. The molecule has 8 N–H and O–H groups in total. The molecule has 2 fully saturated rings. The van der Waals surface area contributed by atoms with E-state index in [0.29, 0.717) is 0 Å². The van der Waals surface area contributed by atoms with Crippen LogP contribution in [0.15, 0.2) is 0 Å². The molecule has 2 saturated heterocycles. The number of carbonyl (C=O) groups is 2. The van der Waals surface area contributed by atoms with E-state index in [0.717, 1.165) is 0 Å². The van der Waals surface area contributed by atoms with Gasteiger partial charge in [-0.05, 0) is 0 Å². The Labute approximate surface area is 204 Å². The van der Waals surface area contributed by atoms with E-state index in [1.54, 1.807) is 0 Å². The Bertz CT molecular complexity index is 525. The van der Waals surface area contributed by atoms with Gasteiger partial charge in [0, 0.05) is 0 Å². The van der Waals surface area contributed by atoms with E-state index in [-0.39, 0.29) is 37.7 Å². The summed E-state index contributed by atoms with van der Waals surface area (Å²) in [5, 5.41) is 92.2. The SMILES string of the molecule is O=C([O-])[C@H](O)[C@H](O)[C@H]1OB(O)O[C@H]1CO.O=C([O-])[C@H](O)[C@H](O)[C@H]1OB(O)O[C@H]1CO.[Ca+2]. The van der Waals surface area contributed by atoms with Crippen LogP contribution in [0.25, 0.3) is 0 Å². The van der Waals surface area contributed by atoms with Gasteiger partial charge in [-0.15, -0.1) is 0 Å². The van der Waals surface area contributed by atoms with Crippen LogP contribution >= 0.6 is 0 Å². The summed E-state index contributed by atoms with van der Waals surface area (Å²) in [6, 6.07) is 0. The zero-order valence-electron chi connectivity index (χ0n) is 15.7. The van der Waals surface area contributed by atoms with Crippen molar-refractivity contribution in [3.8, 4) is 0 Å². The fourth-order valence-electron chi connectivity index (χ4n) is 2.50. The van der Waals surface area contributed by atoms with Crippen LogP contribution in [0, 0.1) is 0 Å². The molecular weight excluding hydrogens is 462 g/mol. The molecule has 0 aromatic carbocycles. The van der Waals surface area contributed by atoms with Gasteiger partial charge in [0.1, 0.15) is 36.6 Å². The van der Waals surface area contributed by atoms with Gasteiger partial charge in [-0.1, -0.05) is 0 Å². The van der Waals surface area contributed by atoms with Crippen molar-refractivity contribution in [3.63, 3.8) is 0 Å². The van der Waals surface area contributed by atoms with E-state index >= 15 is 0 Å². The molecule has 172 valence electrons. The normalized spacial score (nSPS) is 29.3. The van der Waals surface area contributed by atoms with Gasteiger partial charge in [0.05, 0.1) is 37.4 Å². The average molecular weight is 482 g/mol. The molecule has 0 amide bonds.